The van der Waals surface area contributed by atoms with Crippen LogP contribution >= 0.6 is 11.6 Å². The van der Waals surface area contributed by atoms with Crippen molar-refractivity contribution in [1.82, 2.24) is 9.21 Å². The number of carbonyl (C=O) groups excluding carboxylic acids is 2. The summed E-state index contributed by atoms with van der Waals surface area (Å²) >= 11 is 6.19. The minimum atomic E-state index is -3.80. The topological polar surface area (TPSA) is 101 Å². The van der Waals surface area contributed by atoms with Gasteiger partial charge in [0.15, 0.2) is 0 Å². The van der Waals surface area contributed by atoms with Gasteiger partial charge in [-0.1, -0.05) is 35.9 Å². The molecule has 2 N–H and O–H groups in total. The van der Waals surface area contributed by atoms with Gasteiger partial charge in [-0.15, -0.1) is 0 Å². The van der Waals surface area contributed by atoms with Gasteiger partial charge in [-0.2, -0.15) is 4.31 Å². The maximum Gasteiger partial charge on any atom is 0.254 e. The Hall–Kier alpha value is -2.42. The van der Waals surface area contributed by atoms with Crippen LogP contribution in [0.1, 0.15) is 34.3 Å². The molecule has 30 heavy (non-hydrogen) atoms. The summed E-state index contributed by atoms with van der Waals surface area (Å²) in [6.07, 6.45) is 1.91. The average molecular weight is 448 g/mol. The lowest BCUT2D eigenvalue weighted by Crippen LogP contribution is -2.51. The van der Waals surface area contributed by atoms with Crippen molar-refractivity contribution < 1.29 is 18.0 Å². The Morgan fingerprint density at radius 2 is 1.70 bits per heavy atom. The molecule has 0 spiro atoms. The Morgan fingerprint density at radius 3 is 2.37 bits per heavy atom. The fourth-order valence-electron chi connectivity index (χ4n) is 4.06. The maximum absolute atomic E-state index is 13.3. The number of sulfonamides is 1. The predicted octanol–water partition coefficient (Wildman–Crippen LogP) is 2.18. The third-order valence-corrected chi connectivity index (χ3v) is 8.08. The average Bonchev–Trinajstić information content (AvgIpc) is 3.28. The number of fused-ring (bicyclic) bond motifs is 1. The largest absolute Gasteiger partial charge is 0.368 e. The minimum Gasteiger partial charge on any atom is -0.368 e. The van der Waals surface area contributed by atoms with E-state index < -0.39 is 27.9 Å². The molecule has 7 nitrogen and oxygen atoms in total. The molecule has 0 saturated carbocycles. The lowest BCUT2D eigenvalue weighted by Gasteiger charge is -2.35. The van der Waals surface area contributed by atoms with Gasteiger partial charge in [-0.3, -0.25) is 9.59 Å². The van der Waals surface area contributed by atoms with Gasteiger partial charge in [0.1, 0.15) is 10.9 Å². The number of amides is 2. The zero-order valence-corrected chi connectivity index (χ0v) is 17.8. The molecule has 0 radical (unpaired) electrons. The molecule has 2 aromatic carbocycles. The molecule has 2 aromatic rings. The lowest BCUT2D eigenvalue weighted by molar-refractivity contribution is -0.122. The van der Waals surface area contributed by atoms with Gasteiger partial charge in [-0.25, -0.2) is 8.42 Å². The van der Waals surface area contributed by atoms with E-state index in [0.29, 0.717) is 19.5 Å². The Labute approximate surface area is 180 Å². The summed E-state index contributed by atoms with van der Waals surface area (Å²) in [7, 11) is -3.80. The first kappa shape index (κ1) is 20.8. The zero-order chi connectivity index (χ0) is 21.5. The van der Waals surface area contributed by atoms with Crippen LogP contribution in [0.2, 0.25) is 5.02 Å². The highest BCUT2D eigenvalue weighted by atomic mass is 35.5. The number of nitrogens with zero attached hydrogens (tertiary/aromatic N) is 2. The second-order valence-corrected chi connectivity index (χ2v) is 9.89. The van der Waals surface area contributed by atoms with E-state index >= 15 is 0 Å². The number of primary amides is 1. The predicted molar refractivity (Wildman–Crippen MR) is 112 cm³/mol. The highest BCUT2D eigenvalue weighted by Crippen LogP contribution is 2.30. The molecule has 4 rings (SSSR count). The SMILES string of the molecule is NC(=O)C1Cc2ccccc2CN1C(=O)c1ccc(Cl)c(S(=O)(=O)N2CCCC2)c1. The van der Waals surface area contributed by atoms with Gasteiger partial charge < -0.3 is 10.6 Å². The van der Waals surface area contributed by atoms with Crippen molar-refractivity contribution >= 4 is 33.4 Å². The standard InChI is InChI=1S/C21H22ClN3O4S/c22-17-8-7-15(12-19(17)30(28,29)24-9-3-4-10-24)21(27)25-13-16-6-2-1-5-14(16)11-18(25)20(23)26/h1-2,5-8,12,18H,3-4,9-11,13H2,(H2,23,26). The van der Waals surface area contributed by atoms with Crippen molar-refractivity contribution in [1.29, 1.82) is 0 Å². The van der Waals surface area contributed by atoms with E-state index in [1.54, 1.807) is 0 Å². The molecule has 1 saturated heterocycles. The number of hydrogen-bond acceptors (Lipinski definition) is 4. The van der Waals surface area contributed by atoms with Gasteiger partial charge in [-0.05, 0) is 42.2 Å². The Morgan fingerprint density at radius 1 is 1.03 bits per heavy atom. The van der Waals surface area contributed by atoms with Crippen molar-refractivity contribution in [2.45, 2.75) is 36.7 Å². The van der Waals surface area contributed by atoms with Crippen LogP contribution in [0.15, 0.2) is 47.4 Å². The summed E-state index contributed by atoms with van der Waals surface area (Å²) in [5, 5.41) is 0.0638. The first-order valence-corrected chi connectivity index (χ1v) is 11.6. The van der Waals surface area contributed by atoms with Crippen LogP contribution in [-0.2, 0) is 27.8 Å². The number of rotatable bonds is 4. The third-order valence-electron chi connectivity index (χ3n) is 5.70. The number of hydrogen-bond donors (Lipinski definition) is 1. The molecule has 2 heterocycles. The summed E-state index contributed by atoms with van der Waals surface area (Å²) in [5.74, 6) is -1.06. The molecule has 2 aliphatic heterocycles. The van der Waals surface area contributed by atoms with Gasteiger partial charge in [0.05, 0.1) is 5.02 Å². The fraction of sp³-hybridized carbons (Fsp3) is 0.333. The first-order valence-electron chi connectivity index (χ1n) is 9.76. The summed E-state index contributed by atoms with van der Waals surface area (Å²) in [4.78, 5) is 26.7. The Balaban J connectivity index is 1.70. The summed E-state index contributed by atoms with van der Waals surface area (Å²) < 4.78 is 27.4. The van der Waals surface area contributed by atoms with E-state index in [2.05, 4.69) is 0 Å². The second kappa shape index (κ2) is 8.02. The molecule has 0 aliphatic carbocycles. The van der Waals surface area contributed by atoms with Crippen molar-refractivity contribution in [3.05, 3.63) is 64.2 Å². The zero-order valence-electron chi connectivity index (χ0n) is 16.3. The monoisotopic (exact) mass is 447 g/mol. The van der Waals surface area contributed by atoms with Gasteiger partial charge in [0, 0.05) is 31.6 Å². The molecule has 2 aliphatic rings. The molecular formula is C21H22ClN3O4S. The molecule has 0 aromatic heterocycles. The lowest BCUT2D eigenvalue weighted by atomic mass is 9.93. The molecule has 0 bridgehead atoms. The van der Waals surface area contributed by atoms with Crippen molar-refractivity contribution in [2.24, 2.45) is 5.73 Å². The molecule has 9 heteroatoms. The van der Waals surface area contributed by atoms with E-state index in [9.17, 15) is 18.0 Å². The normalized spacial score (nSPS) is 19.5. The van der Waals surface area contributed by atoms with Crippen molar-refractivity contribution in [2.75, 3.05) is 13.1 Å². The van der Waals surface area contributed by atoms with Gasteiger partial charge in [0.2, 0.25) is 15.9 Å². The number of carbonyl (C=O) groups is 2. The second-order valence-electron chi connectivity index (χ2n) is 7.58. The summed E-state index contributed by atoms with van der Waals surface area (Å²) in [6, 6.07) is 11.0. The third kappa shape index (κ3) is 3.71. The van der Waals surface area contributed by atoms with Gasteiger partial charge >= 0.3 is 0 Å². The number of halogens is 1. The number of nitrogens with two attached hydrogens (primary N) is 1. The Kier molecular flexibility index (Phi) is 5.57. The van der Waals surface area contributed by atoms with Crippen LogP contribution in [0.25, 0.3) is 0 Å². The summed E-state index contributed by atoms with van der Waals surface area (Å²) in [6.45, 7) is 1.09. The van der Waals surface area contributed by atoms with Crippen LogP contribution in [0.4, 0.5) is 0 Å². The molecule has 158 valence electrons. The highest BCUT2D eigenvalue weighted by Gasteiger charge is 2.35. The molecule has 1 fully saturated rings. The van der Waals surface area contributed by atoms with Crippen molar-refractivity contribution in [3.8, 4) is 0 Å². The van der Waals surface area contributed by atoms with E-state index in [0.717, 1.165) is 24.0 Å². The molecule has 2 amide bonds. The van der Waals surface area contributed by atoms with E-state index in [1.165, 1.54) is 27.4 Å². The molecule has 1 unspecified atom stereocenters. The van der Waals surface area contributed by atoms with E-state index in [4.69, 9.17) is 17.3 Å². The van der Waals surface area contributed by atoms with Crippen molar-refractivity contribution in [3.63, 3.8) is 0 Å². The van der Waals surface area contributed by atoms with Crippen LogP contribution in [0.5, 0.6) is 0 Å². The van der Waals surface area contributed by atoms with Crippen LogP contribution < -0.4 is 5.73 Å². The minimum absolute atomic E-state index is 0.0638. The van der Waals surface area contributed by atoms with Crippen LogP contribution in [0, 0.1) is 0 Å². The van der Waals surface area contributed by atoms with Crippen LogP contribution in [-0.4, -0.2) is 48.6 Å². The smallest absolute Gasteiger partial charge is 0.254 e. The highest BCUT2D eigenvalue weighted by molar-refractivity contribution is 7.89. The number of benzene rings is 2. The fourth-order valence-corrected chi connectivity index (χ4v) is 6.08. The van der Waals surface area contributed by atoms with Crippen LogP contribution in [0.3, 0.4) is 0 Å². The quantitative estimate of drug-likeness (QED) is 0.776. The van der Waals surface area contributed by atoms with E-state index in [-0.39, 0.29) is 22.0 Å². The van der Waals surface area contributed by atoms with Gasteiger partial charge in [0.25, 0.3) is 5.91 Å². The molecular weight excluding hydrogens is 426 g/mol. The molecule has 1 atom stereocenters. The maximum atomic E-state index is 13.3. The van der Waals surface area contributed by atoms with E-state index in [1.807, 2.05) is 24.3 Å². The first-order chi connectivity index (χ1) is 14.3. The Bertz CT molecular complexity index is 1110. The summed E-state index contributed by atoms with van der Waals surface area (Å²) in [5.41, 5.74) is 7.64.